The van der Waals surface area contributed by atoms with Crippen molar-refractivity contribution in [2.24, 2.45) is 0 Å². The fraction of sp³-hybridized carbons (Fsp3) is 0.0204. The predicted molar refractivity (Wildman–Crippen MR) is 210 cm³/mol. The Bertz CT molecular complexity index is 2260. The molecule has 0 spiro atoms. The molecule has 0 heterocycles. The number of rotatable bonds is 7. The second-order valence-electron chi connectivity index (χ2n) is 12.9. The maximum absolute atomic E-state index is 2.35. The monoisotopic (exact) mass is 637 g/mol. The summed E-state index contributed by atoms with van der Waals surface area (Å²) in [6, 6.07) is 74.7. The van der Waals surface area contributed by atoms with Crippen LogP contribution in [0, 0.1) is 0 Å². The highest BCUT2D eigenvalue weighted by Gasteiger charge is 2.29. The van der Waals surface area contributed by atoms with Crippen LogP contribution in [0.5, 0.6) is 0 Å². The van der Waals surface area contributed by atoms with Gasteiger partial charge in [-0.15, -0.1) is 0 Å². The summed E-state index contributed by atoms with van der Waals surface area (Å²) < 4.78 is 0. The van der Waals surface area contributed by atoms with Gasteiger partial charge >= 0.3 is 0 Å². The van der Waals surface area contributed by atoms with Crippen LogP contribution < -0.4 is 4.90 Å². The molecule has 0 saturated heterocycles. The van der Waals surface area contributed by atoms with Crippen molar-refractivity contribution in [2.75, 3.05) is 4.90 Å². The molecule has 8 aromatic carbocycles. The minimum absolute atomic E-state index is 0.246. The molecule has 0 fully saturated rings. The molecule has 236 valence electrons. The highest BCUT2D eigenvalue weighted by molar-refractivity contribution is 5.83. The Morgan fingerprint density at radius 1 is 0.280 bits per heavy atom. The maximum atomic E-state index is 2.35. The van der Waals surface area contributed by atoms with Crippen molar-refractivity contribution in [1.29, 1.82) is 0 Å². The van der Waals surface area contributed by atoms with E-state index in [9.17, 15) is 0 Å². The van der Waals surface area contributed by atoms with Crippen LogP contribution in [0.15, 0.2) is 206 Å². The molecule has 0 bridgehead atoms. The van der Waals surface area contributed by atoms with Crippen LogP contribution in [0.25, 0.3) is 44.5 Å². The van der Waals surface area contributed by atoms with Gasteiger partial charge in [0.05, 0.1) is 0 Å². The van der Waals surface area contributed by atoms with E-state index in [1.807, 2.05) is 0 Å². The maximum Gasteiger partial charge on any atom is 0.0467 e. The summed E-state index contributed by atoms with van der Waals surface area (Å²) in [6.45, 7) is 0. The zero-order chi connectivity index (χ0) is 33.3. The van der Waals surface area contributed by atoms with Crippen LogP contribution in [0.3, 0.4) is 0 Å². The van der Waals surface area contributed by atoms with Gasteiger partial charge in [-0.3, -0.25) is 0 Å². The Kier molecular flexibility index (Phi) is 7.64. The molecule has 1 nitrogen and oxygen atoms in total. The quantitative estimate of drug-likeness (QED) is 0.168. The zero-order valence-electron chi connectivity index (χ0n) is 27.7. The number of anilines is 3. The summed E-state index contributed by atoms with van der Waals surface area (Å²) in [5.41, 5.74) is 17.4. The third-order valence-corrected chi connectivity index (χ3v) is 9.98. The Hall–Kier alpha value is -6.44. The van der Waals surface area contributed by atoms with E-state index in [1.54, 1.807) is 0 Å². The van der Waals surface area contributed by atoms with E-state index < -0.39 is 0 Å². The van der Waals surface area contributed by atoms with E-state index in [0.717, 1.165) is 17.1 Å². The summed E-state index contributed by atoms with van der Waals surface area (Å²) in [5, 5.41) is 0. The van der Waals surface area contributed by atoms with Crippen molar-refractivity contribution < 1.29 is 0 Å². The molecule has 0 saturated carbocycles. The molecular formula is C49H35N. The average molecular weight is 638 g/mol. The van der Waals surface area contributed by atoms with Gasteiger partial charge in [0.25, 0.3) is 0 Å². The highest BCUT2D eigenvalue weighted by atomic mass is 15.1. The van der Waals surface area contributed by atoms with Crippen molar-refractivity contribution in [2.45, 2.75) is 5.92 Å². The molecule has 0 unspecified atom stereocenters. The van der Waals surface area contributed by atoms with Crippen molar-refractivity contribution in [3.63, 3.8) is 0 Å². The van der Waals surface area contributed by atoms with E-state index in [1.165, 1.54) is 61.2 Å². The van der Waals surface area contributed by atoms with Crippen molar-refractivity contribution in [3.8, 4) is 44.5 Å². The topological polar surface area (TPSA) is 3.24 Å². The summed E-state index contributed by atoms with van der Waals surface area (Å²) in [7, 11) is 0. The molecule has 0 atom stereocenters. The van der Waals surface area contributed by atoms with Crippen molar-refractivity contribution in [1.82, 2.24) is 0 Å². The van der Waals surface area contributed by atoms with Gasteiger partial charge in [0.1, 0.15) is 0 Å². The summed E-state index contributed by atoms with van der Waals surface area (Å²) in [5.74, 6) is 0.246. The molecule has 8 aromatic rings. The molecule has 0 amide bonds. The third-order valence-electron chi connectivity index (χ3n) is 9.98. The first-order valence-electron chi connectivity index (χ1n) is 17.3. The lowest BCUT2D eigenvalue weighted by molar-refractivity contribution is 1.02. The van der Waals surface area contributed by atoms with Crippen LogP contribution in [-0.4, -0.2) is 0 Å². The lowest BCUT2D eigenvalue weighted by atomic mass is 9.88. The number of nitrogens with zero attached hydrogens (tertiary/aromatic N) is 1. The van der Waals surface area contributed by atoms with E-state index in [0.29, 0.717) is 0 Å². The van der Waals surface area contributed by atoms with Gasteiger partial charge in [-0.1, -0.05) is 170 Å². The van der Waals surface area contributed by atoms with Gasteiger partial charge in [-0.25, -0.2) is 0 Å². The molecule has 50 heavy (non-hydrogen) atoms. The SMILES string of the molecule is c1ccc(-c2ccc(N(c3ccc(-c4ccccc4)cc3)c3cccc(-c4ccc(C5c6ccccc6-c6ccccc65)cc4)c3)cc2)cc1. The van der Waals surface area contributed by atoms with E-state index in [4.69, 9.17) is 0 Å². The number of benzene rings is 8. The second-order valence-corrected chi connectivity index (χ2v) is 12.9. The Morgan fingerprint density at radius 2 is 0.680 bits per heavy atom. The lowest BCUT2D eigenvalue weighted by Gasteiger charge is -2.26. The fourth-order valence-corrected chi connectivity index (χ4v) is 7.52. The Balaban J connectivity index is 1.08. The second kappa shape index (κ2) is 12.9. The lowest BCUT2D eigenvalue weighted by Crippen LogP contribution is -2.10. The Morgan fingerprint density at radius 3 is 1.20 bits per heavy atom. The van der Waals surface area contributed by atoms with Gasteiger partial charge in [-0.2, -0.15) is 0 Å². The van der Waals surface area contributed by atoms with Crippen molar-refractivity contribution in [3.05, 3.63) is 223 Å². The van der Waals surface area contributed by atoms with Crippen LogP contribution in [0.1, 0.15) is 22.6 Å². The van der Waals surface area contributed by atoms with Gasteiger partial charge in [0, 0.05) is 23.0 Å². The molecule has 0 aromatic heterocycles. The van der Waals surface area contributed by atoms with Gasteiger partial charge in [0.15, 0.2) is 0 Å². The van der Waals surface area contributed by atoms with Gasteiger partial charge in [0.2, 0.25) is 0 Å². The minimum Gasteiger partial charge on any atom is -0.310 e. The van der Waals surface area contributed by atoms with Crippen LogP contribution in [0.4, 0.5) is 17.1 Å². The molecule has 1 aliphatic rings. The van der Waals surface area contributed by atoms with Gasteiger partial charge in [-0.05, 0) is 97.6 Å². The van der Waals surface area contributed by atoms with E-state index in [2.05, 4.69) is 211 Å². The normalized spacial score (nSPS) is 11.9. The average Bonchev–Trinajstić information content (AvgIpc) is 3.54. The standard InChI is InChI=1S/C49H35N/c1-3-12-35(13-4-1)37-26-30-42(31-27-37)50(43-32-28-38(29-33-43)36-14-5-2-6-15-36)44-17-11-16-41(34-44)39-22-24-40(25-23-39)49-47-20-9-7-18-45(47)46-19-8-10-21-48(46)49/h1-34,49H. The van der Waals surface area contributed by atoms with E-state index >= 15 is 0 Å². The van der Waals surface area contributed by atoms with Crippen molar-refractivity contribution >= 4 is 17.1 Å². The fourth-order valence-electron chi connectivity index (χ4n) is 7.52. The first kappa shape index (κ1) is 29.7. The number of hydrogen-bond donors (Lipinski definition) is 0. The predicted octanol–water partition coefficient (Wildman–Crippen LogP) is 13.3. The minimum atomic E-state index is 0.246. The van der Waals surface area contributed by atoms with Crippen LogP contribution >= 0.6 is 0 Å². The molecule has 0 radical (unpaired) electrons. The molecule has 9 rings (SSSR count). The first-order valence-corrected chi connectivity index (χ1v) is 17.3. The largest absolute Gasteiger partial charge is 0.310 e. The number of fused-ring (bicyclic) bond motifs is 3. The molecular weight excluding hydrogens is 603 g/mol. The summed E-state index contributed by atoms with van der Waals surface area (Å²) in [4.78, 5) is 2.35. The van der Waals surface area contributed by atoms with Gasteiger partial charge < -0.3 is 4.90 Å². The molecule has 1 aliphatic carbocycles. The molecule has 0 N–H and O–H groups in total. The molecule has 0 aliphatic heterocycles. The molecule has 1 heteroatoms. The van der Waals surface area contributed by atoms with Crippen LogP contribution in [0.2, 0.25) is 0 Å². The zero-order valence-corrected chi connectivity index (χ0v) is 27.7. The highest BCUT2D eigenvalue weighted by Crippen LogP contribution is 2.48. The smallest absolute Gasteiger partial charge is 0.0467 e. The van der Waals surface area contributed by atoms with E-state index in [-0.39, 0.29) is 5.92 Å². The summed E-state index contributed by atoms with van der Waals surface area (Å²) >= 11 is 0. The third kappa shape index (κ3) is 5.49. The van der Waals surface area contributed by atoms with Crippen LogP contribution in [-0.2, 0) is 0 Å². The number of hydrogen-bond acceptors (Lipinski definition) is 1. The summed E-state index contributed by atoms with van der Waals surface area (Å²) in [6.07, 6.45) is 0. The first-order chi connectivity index (χ1) is 24.8. The Labute approximate surface area is 294 Å².